The van der Waals surface area contributed by atoms with Gasteiger partial charge in [-0.1, -0.05) is 12.1 Å². The highest BCUT2D eigenvalue weighted by Crippen LogP contribution is 2.22. The standard InChI is InChI=1S/C16H15FN2O4/c1-10-4-3-5-15(11(10)2)23-9-16(20)18-12-6-7-13(17)14(8-12)19(21)22/h3-8H,9H2,1-2H3,(H,18,20). The third kappa shape index (κ3) is 4.03. The summed E-state index contributed by atoms with van der Waals surface area (Å²) in [7, 11) is 0. The van der Waals surface area contributed by atoms with Gasteiger partial charge < -0.3 is 10.1 Å². The number of nitro benzene ring substituents is 1. The highest BCUT2D eigenvalue weighted by atomic mass is 19.1. The predicted octanol–water partition coefficient (Wildman–Crippen LogP) is 3.37. The van der Waals surface area contributed by atoms with Crippen molar-refractivity contribution >= 4 is 17.3 Å². The van der Waals surface area contributed by atoms with E-state index in [4.69, 9.17) is 4.74 Å². The first-order valence-electron chi connectivity index (χ1n) is 6.81. The SMILES string of the molecule is Cc1cccc(OCC(=O)Nc2ccc(F)c([N+](=O)[O-])c2)c1C. The number of carbonyl (C=O) groups excluding carboxylic acids is 1. The summed E-state index contributed by atoms with van der Waals surface area (Å²) in [4.78, 5) is 21.7. The van der Waals surface area contributed by atoms with Crippen molar-refractivity contribution in [2.45, 2.75) is 13.8 Å². The molecule has 120 valence electrons. The summed E-state index contributed by atoms with van der Waals surface area (Å²) in [6.07, 6.45) is 0. The number of hydrogen-bond acceptors (Lipinski definition) is 4. The van der Waals surface area contributed by atoms with Crippen molar-refractivity contribution < 1.29 is 18.8 Å². The zero-order chi connectivity index (χ0) is 17.0. The molecule has 6 nitrogen and oxygen atoms in total. The van der Waals surface area contributed by atoms with Crippen molar-refractivity contribution in [2.24, 2.45) is 0 Å². The molecule has 1 amide bonds. The molecule has 0 aliphatic heterocycles. The predicted molar refractivity (Wildman–Crippen MR) is 83.1 cm³/mol. The minimum absolute atomic E-state index is 0.132. The van der Waals surface area contributed by atoms with E-state index < -0.39 is 22.3 Å². The van der Waals surface area contributed by atoms with Crippen LogP contribution >= 0.6 is 0 Å². The fraction of sp³-hybridized carbons (Fsp3) is 0.188. The highest BCUT2D eigenvalue weighted by Gasteiger charge is 2.15. The Morgan fingerprint density at radius 2 is 2.04 bits per heavy atom. The first-order chi connectivity index (χ1) is 10.9. The van der Waals surface area contributed by atoms with Gasteiger partial charge in [0.25, 0.3) is 5.91 Å². The number of aryl methyl sites for hydroxylation is 1. The molecule has 0 saturated carbocycles. The van der Waals surface area contributed by atoms with Gasteiger partial charge in [0.15, 0.2) is 6.61 Å². The molecular formula is C16H15FN2O4. The fourth-order valence-electron chi connectivity index (χ4n) is 1.95. The van der Waals surface area contributed by atoms with Gasteiger partial charge in [0, 0.05) is 11.8 Å². The molecule has 0 bridgehead atoms. The molecule has 23 heavy (non-hydrogen) atoms. The van der Waals surface area contributed by atoms with Crippen molar-refractivity contribution in [3.63, 3.8) is 0 Å². The molecule has 0 spiro atoms. The third-order valence-electron chi connectivity index (χ3n) is 3.34. The molecular weight excluding hydrogens is 303 g/mol. The topological polar surface area (TPSA) is 81.5 Å². The van der Waals surface area contributed by atoms with Crippen LogP contribution in [-0.4, -0.2) is 17.4 Å². The van der Waals surface area contributed by atoms with Crippen LogP contribution in [0.25, 0.3) is 0 Å². The fourth-order valence-corrected chi connectivity index (χ4v) is 1.95. The summed E-state index contributed by atoms with van der Waals surface area (Å²) in [6.45, 7) is 3.56. The molecule has 0 aliphatic carbocycles. The Hall–Kier alpha value is -2.96. The Morgan fingerprint density at radius 3 is 2.74 bits per heavy atom. The summed E-state index contributed by atoms with van der Waals surface area (Å²) >= 11 is 0. The lowest BCUT2D eigenvalue weighted by Gasteiger charge is -2.11. The number of amides is 1. The van der Waals surface area contributed by atoms with Crippen LogP contribution in [0.5, 0.6) is 5.75 Å². The van der Waals surface area contributed by atoms with Crippen LogP contribution in [-0.2, 0) is 4.79 Å². The van der Waals surface area contributed by atoms with Crippen LogP contribution in [0.15, 0.2) is 36.4 Å². The van der Waals surface area contributed by atoms with Crippen molar-refractivity contribution in [3.05, 3.63) is 63.5 Å². The molecule has 0 aliphatic rings. The monoisotopic (exact) mass is 318 g/mol. The van der Waals surface area contributed by atoms with Crippen LogP contribution in [0.1, 0.15) is 11.1 Å². The van der Waals surface area contributed by atoms with E-state index in [0.29, 0.717) is 5.75 Å². The van der Waals surface area contributed by atoms with E-state index in [-0.39, 0.29) is 12.3 Å². The van der Waals surface area contributed by atoms with Gasteiger partial charge in [-0.2, -0.15) is 4.39 Å². The number of ether oxygens (including phenoxy) is 1. The van der Waals surface area contributed by atoms with Crippen LogP contribution in [0.3, 0.4) is 0 Å². The van der Waals surface area contributed by atoms with E-state index in [1.54, 1.807) is 6.07 Å². The van der Waals surface area contributed by atoms with Crippen LogP contribution in [0.4, 0.5) is 15.8 Å². The van der Waals surface area contributed by atoms with E-state index in [1.165, 1.54) is 6.07 Å². The molecule has 1 N–H and O–H groups in total. The molecule has 0 atom stereocenters. The summed E-state index contributed by atoms with van der Waals surface area (Å²) in [5.41, 5.74) is 1.40. The number of anilines is 1. The zero-order valence-corrected chi connectivity index (χ0v) is 12.6. The molecule has 0 heterocycles. The highest BCUT2D eigenvalue weighted by molar-refractivity contribution is 5.92. The van der Waals surface area contributed by atoms with Gasteiger partial charge in [0.05, 0.1) is 4.92 Å². The number of rotatable bonds is 5. The van der Waals surface area contributed by atoms with Crippen molar-refractivity contribution in [1.29, 1.82) is 0 Å². The Balaban J connectivity index is 2.01. The number of carbonyl (C=O) groups is 1. The first kappa shape index (κ1) is 16.4. The smallest absolute Gasteiger partial charge is 0.306 e. The quantitative estimate of drug-likeness (QED) is 0.677. The molecule has 2 aromatic carbocycles. The molecule has 2 aromatic rings. The minimum atomic E-state index is -0.959. The molecule has 0 aromatic heterocycles. The van der Waals surface area contributed by atoms with Crippen molar-refractivity contribution in [2.75, 3.05) is 11.9 Å². The lowest BCUT2D eigenvalue weighted by molar-refractivity contribution is -0.387. The lowest BCUT2D eigenvalue weighted by Crippen LogP contribution is -2.20. The Kier molecular flexibility index (Phi) is 4.90. The summed E-state index contributed by atoms with van der Waals surface area (Å²) in [5.74, 6) is -0.864. The van der Waals surface area contributed by atoms with Gasteiger partial charge in [-0.25, -0.2) is 0 Å². The second-order valence-electron chi connectivity index (χ2n) is 4.96. The summed E-state index contributed by atoms with van der Waals surface area (Å²) < 4.78 is 18.7. The van der Waals surface area contributed by atoms with E-state index >= 15 is 0 Å². The average molecular weight is 318 g/mol. The Morgan fingerprint density at radius 1 is 1.30 bits per heavy atom. The summed E-state index contributed by atoms with van der Waals surface area (Å²) in [5, 5.41) is 13.1. The summed E-state index contributed by atoms with van der Waals surface area (Å²) in [6, 6.07) is 8.64. The van der Waals surface area contributed by atoms with Gasteiger partial charge in [-0.05, 0) is 43.2 Å². The second kappa shape index (κ2) is 6.87. The average Bonchev–Trinajstić information content (AvgIpc) is 2.50. The largest absolute Gasteiger partial charge is 0.483 e. The van der Waals surface area contributed by atoms with Crippen LogP contribution in [0, 0.1) is 29.8 Å². The molecule has 2 rings (SSSR count). The number of nitrogens with zero attached hydrogens (tertiary/aromatic N) is 1. The normalized spacial score (nSPS) is 10.2. The third-order valence-corrected chi connectivity index (χ3v) is 3.34. The molecule has 0 unspecified atom stereocenters. The molecule has 0 fully saturated rings. The first-order valence-corrected chi connectivity index (χ1v) is 6.81. The number of benzene rings is 2. The van der Waals surface area contributed by atoms with E-state index in [0.717, 1.165) is 23.3 Å². The van der Waals surface area contributed by atoms with Gasteiger partial charge in [-0.15, -0.1) is 0 Å². The Bertz CT molecular complexity index is 762. The second-order valence-corrected chi connectivity index (χ2v) is 4.96. The van der Waals surface area contributed by atoms with Crippen molar-refractivity contribution in [1.82, 2.24) is 0 Å². The number of nitro groups is 1. The van der Waals surface area contributed by atoms with Gasteiger partial charge in [0.1, 0.15) is 5.75 Å². The van der Waals surface area contributed by atoms with E-state index in [9.17, 15) is 19.3 Å². The molecule has 7 heteroatoms. The van der Waals surface area contributed by atoms with Crippen molar-refractivity contribution in [3.8, 4) is 5.75 Å². The maximum atomic E-state index is 13.2. The lowest BCUT2D eigenvalue weighted by atomic mass is 10.1. The maximum absolute atomic E-state index is 13.2. The maximum Gasteiger partial charge on any atom is 0.306 e. The van der Waals surface area contributed by atoms with Gasteiger partial charge in [-0.3, -0.25) is 14.9 Å². The van der Waals surface area contributed by atoms with Gasteiger partial charge in [0.2, 0.25) is 5.82 Å². The number of nitrogens with one attached hydrogen (secondary N) is 1. The van der Waals surface area contributed by atoms with Crippen LogP contribution in [0.2, 0.25) is 0 Å². The zero-order valence-electron chi connectivity index (χ0n) is 12.6. The Labute approximate surface area is 132 Å². The number of halogens is 1. The van der Waals surface area contributed by atoms with Gasteiger partial charge >= 0.3 is 5.69 Å². The number of hydrogen-bond donors (Lipinski definition) is 1. The molecule has 0 saturated heterocycles. The van der Waals surface area contributed by atoms with E-state index in [1.807, 2.05) is 26.0 Å². The minimum Gasteiger partial charge on any atom is -0.483 e. The van der Waals surface area contributed by atoms with Crippen LogP contribution < -0.4 is 10.1 Å². The van der Waals surface area contributed by atoms with E-state index in [2.05, 4.69) is 5.32 Å². The molecule has 0 radical (unpaired) electrons.